The van der Waals surface area contributed by atoms with Crippen molar-refractivity contribution in [2.45, 2.75) is 24.3 Å². The van der Waals surface area contributed by atoms with Gasteiger partial charge in [0, 0.05) is 25.7 Å². The first-order chi connectivity index (χ1) is 13.0. The Labute approximate surface area is 157 Å². The molecule has 0 unspecified atom stereocenters. The van der Waals surface area contributed by atoms with E-state index in [9.17, 15) is 13.2 Å². The maximum Gasteiger partial charge on any atom is 0.240 e. The third-order valence-electron chi connectivity index (χ3n) is 4.83. The number of rotatable bonds is 5. The van der Waals surface area contributed by atoms with Crippen molar-refractivity contribution in [2.24, 2.45) is 7.05 Å². The number of nitrogens with zero attached hydrogens (tertiary/aromatic N) is 3. The van der Waals surface area contributed by atoms with Crippen LogP contribution in [0.25, 0.3) is 11.0 Å². The Bertz CT molecular complexity index is 1100. The molecule has 1 N–H and O–H groups in total. The van der Waals surface area contributed by atoms with E-state index in [4.69, 9.17) is 0 Å². The van der Waals surface area contributed by atoms with Crippen LogP contribution in [-0.2, 0) is 28.4 Å². The molecule has 3 aromatic rings. The molecule has 1 fully saturated rings. The van der Waals surface area contributed by atoms with Crippen LogP contribution in [-0.4, -0.2) is 30.4 Å². The number of sulfonamides is 1. The number of carbonyl (C=O) groups excluding carboxylic acids is 1. The zero-order valence-electron chi connectivity index (χ0n) is 14.9. The van der Waals surface area contributed by atoms with Gasteiger partial charge in [-0.2, -0.15) is 0 Å². The normalized spacial score (nSPS) is 15.0. The van der Waals surface area contributed by atoms with E-state index in [1.54, 1.807) is 17.0 Å². The quantitative estimate of drug-likeness (QED) is 0.731. The topological polar surface area (TPSA) is 84.3 Å². The second kappa shape index (κ2) is 6.79. The Hall–Kier alpha value is -2.71. The highest BCUT2D eigenvalue weighted by atomic mass is 32.2. The van der Waals surface area contributed by atoms with Crippen molar-refractivity contribution in [3.63, 3.8) is 0 Å². The Balaban J connectivity index is 1.51. The van der Waals surface area contributed by atoms with Crippen molar-refractivity contribution in [2.75, 3.05) is 11.4 Å². The summed E-state index contributed by atoms with van der Waals surface area (Å²) in [6, 6.07) is 14.1. The average molecular weight is 384 g/mol. The highest BCUT2D eigenvalue weighted by molar-refractivity contribution is 7.89. The minimum atomic E-state index is -3.67. The summed E-state index contributed by atoms with van der Waals surface area (Å²) in [6.45, 7) is 0.774. The molecule has 27 heavy (non-hydrogen) atoms. The van der Waals surface area contributed by atoms with Gasteiger partial charge in [0.25, 0.3) is 0 Å². The molecule has 2 aromatic carbocycles. The number of amides is 1. The van der Waals surface area contributed by atoms with Gasteiger partial charge in [-0.25, -0.2) is 18.1 Å². The molecule has 0 radical (unpaired) electrons. The van der Waals surface area contributed by atoms with Crippen LogP contribution in [0, 0.1) is 0 Å². The fraction of sp³-hybridized carbons (Fsp3) is 0.263. The van der Waals surface area contributed by atoms with E-state index in [0.717, 1.165) is 23.1 Å². The van der Waals surface area contributed by atoms with Crippen molar-refractivity contribution in [1.29, 1.82) is 0 Å². The number of anilines is 1. The van der Waals surface area contributed by atoms with Gasteiger partial charge < -0.3 is 9.47 Å². The van der Waals surface area contributed by atoms with E-state index in [0.29, 0.717) is 18.8 Å². The molecule has 0 bridgehead atoms. The monoisotopic (exact) mass is 384 g/mol. The lowest BCUT2D eigenvalue weighted by atomic mass is 10.3. The maximum absolute atomic E-state index is 12.6. The molecule has 1 aliphatic heterocycles. The van der Waals surface area contributed by atoms with Gasteiger partial charge in [0.1, 0.15) is 5.82 Å². The molecule has 1 saturated heterocycles. The number of aryl methyl sites for hydroxylation is 1. The minimum absolute atomic E-state index is 0.0746. The number of hydrogen-bond acceptors (Lipinski definition) is 4. The summed E-state index contributed by atoms with van der Waals surface area (Å²) in [6.07, 6.45) is 1.37. The van der Waals surface area contributed by atoms with Crippen LogP contribution in [0.1, 0.15) is 18.7 Å². The summed E-state index contributed by atoms with van der Waals surface area (Å²) < 4.78 is 29.7. The van der Waals surface area contributed by atoms with Crippen LogP contribution in [0.5, 0.6) is 0 Å². The molecule has 4 rings (SSSR count). The molecule has 1 amide bonds. The van der Waals surface area contributed by atoms with E-state index in [1.807, 2.05) is 35.9 Å². The lowest BCUT2D eigenvalue weighted by Gasteiger charge is -2.16. The third kappa shape index (κ3) is 3.33. The summed E-state index contributed by atoms with van der Waals surface area (Å²) in [4.78, 5) is 18.1. The molecular weight excluding hydrogens is 364 g/mol. The van der Waals surface area contributed by atoms with Gasteiger partial charge in [0.2, 0.25) is 15.9 Å². The molecule has 1 aliphatic rings. The van der Waals surface area contributed by atoms with E-state index < -0.39 is 10.0 Å². The lowest BCUT2D eigenvalue weighted by Crippen LogP contribution is -2.25. The van der Waals surface area contributed by atoms with Crippen LogP contribution in [0.4, 0.5) is 5.69 Å². The first kappa shape index (κ1) is 17.7. The van der Waals surface area contributed by atoms with E-state index in [-0.39, 0.29) is 17.3 Å². The summed E-state index contributed by atoms with van der Waals surface area (Å²) in [7, 11) is -1.81. The van der Waals surface area contributed by atoms with Gasteiger partial charge in [0.05, 0.1) is 22.5 Å². The van der Waals surface area contributed by atoms with Crippen LogP contribution in [0.3, 0.4) is 0 Å². The van der Waals surface area contributed by atoms with Crippen molar-refractivity contribution < 1.29 is 13.2 Å². The summed E-state index contributed by atoms with van der Waals surface area (Å²) >= 11 is 0. The number of benzene rings is 2. The number of aromatic nitrogens is 2. The maximum atomic E-state index is 12.6. The Morgan fingerprint density at radius 2 is 1.85 bits per heavy atom. The molecule has 7 nitrogen and oxygen atoms in total. The van der Waals surface area contributed by atoms with Crippen molar-refractivity contribution >= 4 is 32.7 Å². The molecule has 1 aromatic heterocycles. The zero-order chi connectivity index (χ0) is 19.0. The molecule has 0 saturated carbocycles. The summed E-state index contributed by atoms with van der Waals surface area (Å²) in [5, 5.41) is 0. The Morgan fingerprint density at radius 3 is 2.52 bits per heavy atom. The van der Waals surface area contributed by atoms with Crippen LogP contribution in [0.15, 0.2) is 53.4 Å². The third-order valence-corrected chi connectivity index (χ3v) is 6.25. The number of nitrogens with one attached hydrogen (secondary N) is 1. The number of carbonyl (C=O) groups is 1. The van der Waals surface area contributed by atoms with Gasteiger partial charge in [-0.3, -0.25) is 4.79 Å². The highest BCUT2D eigenvalue weighted by Gasteiger charge is 2.22. The van der Waals surface area contributed by atoms with E-state index in [1.165, 1.54) is 12.1 Å². The standard InChI is InChI=1S/C19H20N4O3S/c1-22-17-6-3-2-5-16(17)21-18(22)13-20-27(25,26)15-10-8-14(9-11-15)23-12-4-7-19(23)24/h2-3,5-6,8-11,20H,4,7,12-13H2,1H3. The summed E-state index contributed by atoms with van der Waals surface area (Å²) in [5.74, 6) is 0.713. The van der Waals surface area contributed by atoms with Crippen LogP contribution >= 0.6 is 0 Å². The smallest absolute Gasteiger partial charge is 0.240 e. The molecular formula is C19H20N4O3S. The second-order valence-electron chi connectivity index (χ2n) is 6.54. The first-order valence-electron chi connectivity index (χ1n) is 8.76. The van der Waals surface area contributed by atoms with Gasteiger partial charge in [-0.1, -0.05) is 12.1 Å². The SMILES string of the molecule is Cn1c(CNS(=O)(=O)c2ccc(N3CCCC3=O)cc2)nc2ccccc21. The second-order valence-corrected chi connectivity index (χ2v) is 8.31. The lowest BCUT2D eigenvalue weighted by molar-refractivity contribution is -0.117. The van der Waals surface area contributed by atoms with Crippen molar-refractivity contribution in [1.82, 2.24) is 14.3 Å². The molecule has 8 heteroatoms. The van der Waals surface area contributed by atoms with Gasteiger partial charge in [0.15, 0.2) is 0 Å². The zero-order valence-corrected chi connectivity index (χ0v) is 15.7. The fourth-order valence-corrected chi connectivity index (χ4v) is 4.30. The average Bonchev–Trinajstić information content (AvgIpc) is 3.24. The van der Waals surface area contributed by atoms with Gasteiger partial charge in [-0.05, 0) is 42.8 Å². The molecule has 2 heterocycles. The molecule has 140 valence electrons. The van der Waals surface area contributed by atoms with Crippen LogP contribution in [0.2, 0.25) is 0 Å². The number of fused-ring (bicyclic) bond motifs is 1. The van der Waals surface area contributed by atoms with E-state index >= 15 is 0 Å². The van der Waals surface area contributed by atoms with Crippen molar-refractivity contribution in [3.8, 4) is 0 Å². The molecule has 0 aliphatic carbocycles. The summed E-state index contributed by atoms with van der Waals surface area (Å²) in [5.41, 5.74) is 2.51. The highest BCUT2D eigenvalue weighted by Crippen LogP contribution is 2.23. The molecule has 0 spiro atoms. The fourth-order valence-electron chi connectivity index (χ4n) is 3.32. The number of para-hydroxylation sites is 2. The van der Waals surface area contributed by atoms with Gasteiger partial charge >= 0.3 is 0 Å². The predicted molar refractivity (Wildman–Crippen MR) is 103 cm³/mol. The van der Waals surface area contributed by atoms with E-state index in [2.05, 4.69) is 9.71 Å². The Kier molecular flexibility index (Phi) is 4.45. The first-order valence-corrected chi connectivity index (χ1v) is 10.2. The number of imidazole rings is 1. The largest absolute Gasteiger partial charge is 0.330 e. The molecule has 0 atom stereocenters. The predicted octanol–water partition coefficient (Wildman–Crippen LogP) is 2.18. The minimum Gasteiger partial charge on any atom is -0.330 e. The Morgan fingerprint density at radius 1 is 1.11 bits per heavy atom. The van der Waals surface area contributed by atoms with Crippen molar-refractivity contribution in [3.05, 3.63) is 54.4 Å². The van der Waals surface area contributed by atoms with Crippen LogP contribution < -0.4 is 9.62 Å². The number of hydrogen-bond donors (Lipinski definition) is 1. The van der Waals surface area contributed by atoms with Gasteiger partial charge in [-0.15, -0.1) is 0 Å².